The Kier molecular flexibility index (Phi) is 3.78. The van der Waals surface area contributed by atoms with Gasteiger partial charge in [0.15, 0.2) is 0 Å². The van der Waals surface area contributed by atoms with E-state index < -0.39 is 4.92 Å². The normalized spacial score (nSPS) is 9.73. The predicted molar refractivity (Wildman–Crippen MR) is 57.0 cm³/mol. The Labute approximate surface area is 87.1 Å². The highest BCUT2D eigenvalue weighted by molar-refractivity contribution is 5.69. The van der Waals surface area contributed by atoms with Crippen LogP contribution in [0, 0.1) is 10.1 Å². The number of anilines is 2. The minimum absolute atomic E-state index is 0.110. The summed E-state index contributed by atoms with van der Waals surface area (Å²) < 4.78 is 0. The third-order valence-electron chi connectivity index (χ3n) is 1.69. The van der Waals surface area contributed by atoms with Crippen molar-refractivity contribution in [2.45, 2.75) is 13.8 Å². The first kappa shape index (κ1) is 11.2. The lowest BCUT2D eigenvalue weighted by Gasteiger charge is -2.06. The van der Waals surface area contributed by atoms with Crippen molar-refractivity contribution in [3.05, 3.63) is 16.4 Å². The molecule has 0 radical (unpaired) electrons. The van der Waals surface area contributed by atoms with Gasteiger partial charge in [-0.3, -0.25) is 10.1 Å². The number of nitrogens with zero attached hydrogens (tertiary/aromatic N) is 3. The number of rotatable bonds is 5. The molecule has 15 heavy (non-hydrogen) atoms. The molecular weight excluding hydrogens is 198 g/mol. The van der Waals surface area contributed by atoms with Crippen LogP contribution in [0.3, 0.4) is 0 Å². The maximum Gasteiger partial charge on any atom is 0.353 e. The SMILES string of the molecule is CCNc1ncnc(NCC)c1[N+](=O)[O-]. The minimum Gasteiger partial charge on any atom is -0.364 e. The third kappa shape index (κ3) is 2.52. The molecule has 0 saturated carbocycles. The summed E-state index contributed by atoms with van der Waals surface area (Å²) in [6.45, 7) is 4.84. The molecule has 0 unspecified atom stereocenters. The van der Waals surface area contributed by atoms with E-state index in [2.05, 4.69) is 20.6 Å². The van der Waals surface area contributed by atoms with Gasteiger partial charge in [-0.25, -0.2) is 9.97 Å². The summed E-state index contributed by atoms with van der Waals surface area (Å²) in [5, 5.41) is 16.5. The van der Waals surface area contributed by atoms with E-state index in [4.69, 9.17) is 0 Å². The van der Waals surface area contributed by atoms with Crippen molar-refractivity contribution in [3.63, 3.8) is 0 Å². The van der Waals surface area contributed by atoms with Crippen LogP contribution in [0.15, 0.2) is 6.33 Å². The standard InChI is InChI=1S/C8H13N5O2/c1-3-9-7-6(13(14)15)8(10-4-2)12-5-11-7/h5H,3-4H2,1-2H3,(H2,9,10,11,12). The molecule has 1 heterocycles. The Morgan fingerprint density at radius 3 is 2.07 bits per heavy atom. The van der Waals surface area contributed by atoms with Gasteiger partial charge in [0, 0.05) is 13.1 Å². The van der Waals surface area contributed by atoms with E-state index in [-0.39, 0.29) is 17.3 Å². The number of nitro groups is 1. The summed E-state index contributed by atoms with van der Waals surface area (Å²) in [5.41, 5.74) is -0.110. The molecule has 0 aliphatic rings. The van der Waals surface area contributed by atoms with Gasteiger partial charge < -0.3 is 10.6 Å². The van der Waals surface area contributed by atoms with Crippen LogP contribution in [0.5, 0.6) is 0 Å². The second kappa shape index (κ2) is 5.08. The average Bonchev–Trinajstić information content (AvgIpc) is 2.18. The van der Waals surface area contributed by atoms with E-state index in [1.165, 1.54) is 6.33 Å². The maximum absolute atomic E-state index is 10.8. The summed E-state index contributed by atoms with van der Waals surface area (Å²) in [5.74, 6) is 0.488. The highest BCUT2D eigenvalue weighted by Crippen LogP contribution is 2.28. The second-order valence-electron chi connectivity index (χ2n) is 2.74. The van der Waals surface area contributed by atoms with Gasteiger partial charge in [0.05, 0.1) is 4.92 Å². The van der Waals surface area contributed by atoms with Gasteiger partial charge in [-0.1, -0.05) is 0 Å². The van der Waals surface area contributed by atoms with Crippen molar-refractivity contribution in [2.24, 2.45) is 0 Å². The molecule has 7 nitrogen and oxygen atoms in total. The molecule has 7 heteroatoms. The fraction of sp³-hybridized carbons (Fsp3) is 0.500. The van der Waals surface area contributed by atoms with Gasteiger partial charge in [-0.05, 0) is 13.8 Å². The first-order valence-corrected chi connectivity index (χ1v) is 4.67. The molecule has 0 aromatic carbocycles. The van der Waals surface area contributed by atoms with Crippen LogP contribution in [0.2, 0.25) is 0 Å². The van der Waals surface area contributed by atoms with Crippen LogP contribution in [0.4, 0.5) is 17.3 Å². The van der Waals surface area contributed by atoms with Gasteiger partial charge in [0.25, 0.3) is 0 Å². The molecule has 0 atom stereocenters. The number of aromatic nitrogens is 2. The Morgan fingerprint density at radius 1 is 1.27 bits per heavy atom. The summed E-state index contributed by atoms with van der Waals surface area (Å²) in [6, 6.07) is 0. The fourth-order valence-corrected chi connectivity index (χ4v) is 1.15. The lowest BCUT2D eigenvalue weighted by Crippen LogP contribution is -2.09. The number of nitrogens with one attached hydrogen (secondary N) is 2. The zero-order chi connectivity index (χ0) is 11.3. The monoisotopic (exact) mass is 211 g/mol. The zero-order valence-corrected chi connectivity index (χ0v) is 8.65. The molecule has 0 spiro atoms. The summed E-state index contributed by atoms with van der Waals surface area (Å²) in [4.78, 5) is 18.0. The Bertz CT molecular complexity index is 331. The largest absolute Gasteiger partial charge is 0.364 e. The molecular formula is C8H13N5O2. The van der Waals surface area contributed by atoms with E-state index in [9.17, 15) is 10.1 Å². The van der Waals surface area contributed by atoms with Gasteiger partial charge in [0.1, 0.15) is 6.33 Å². The molecule has 0 amide bonds. The molecule has 0 fully saturated rings. The highest BCUT2D eigenvalue weighted by atomic mass is 16.6. The van der Waals surface area contributed by atoms with E-state index >= 15 is 0 Å². The van der Waals surface area contributed by atoms with Crippen LogP contribution in [0.1, 0.15) is 13.8 Å². The molecule has 2 N–H and O–H groups in total. The smallest absolute Gasteiger partial charge is 0.353 e. The quantitative estimate of drug-likeness (QED) is 0.562. The van der Waals surface area contributed by atoms with Crippen LogP contribution >= 0.6 is 0 Å². The van der Waals surface area contributed by atoms with Gasteiger partial charge in [-0.15, -0.1) is 0 Å². The first-order chi connectivity index (χ1) is 7.20. The zero-order valence-electron chi connectivity index (χ0n) is 8.65. The summed E-state index contributed by atoms with van der Waals surface area (Å²) in [7, 11) is 0. The van der Waals surface area contributed by atoms with Crippen LogP contribution in [0.25, 0.3) is 0 Å². The molecule has 82 valence electrons. The van der Waals surface area contributed by atoms with E-state index in [1.807, 2.05) is 13.8 Å². The lowest BCUT2D eigenvalue weighted by atomic mass is 10.4. The van der Waals surface area contributed by atoms with Crippen molar-refractivity contribution in [1.82, 2.24) is 9.97 Å². The number of hydrogen-bond acceptors (Lipinski definition) is 6. The molecule has 0 aliphatic heterocycles. The van der Waals surface area contributed by atoms with Crippen molar-refractivity contribution in [1.29, 1.82) is 0 Å². The van der Waals surface area contributed by atoms with Crippen LogP contribution < -0.4 is 10.6 Å². The highest BCUT2D eigenvalue weighted by Gasteiger charge is 2.21. The molecule has 0 bridgehead atoms. The van der Waals surface area contributed by atoms with Gasteiger partial charge >= 0.3 is 5.69 Å². The Hall–Kier alpha value is -1.92. The molecule has 0 aliphatic carbocycles. The fourth-order valence-electron chi connectivity index (χ4n) is 1.15. The van der Waals surface area contributed by atoms with Gasteiger partial charge in [-0.2, -0.15) is 0 Å². The Morgan fingerprint density at radius 2 is 1.73 bits per heavy atom. The van der Waals surface area contributed by atoms with Crippen LogP contribution in [-0.4, -0.2) is 28.0 Å². The molecule has 1 rings (SSSR count). The van der Waals surface area contributed by atoms with Crippen molar-refractivity contribution >= 4 is 17.3 Å². The third-order valence-corrected chi connectivity index (χ3v) is 1.69. The van der Waals surface area contributed by atoms with Gasteiger partial charge in [0.2, 0.25) is 11.6 Å². The van der Waals surface area contributed by atoms with Crippen molar-refractivity contribution in [3.8, 4) is 0 Å². The predicted octanol–water partition coefficient (Wildman–Crippen LogP) is 1.25. The lowest BCUT2D eigenvalue weighted by molar-refractivity contribution is -0.383. The number of hydrogen-bond donors (Lipinski definition) is 2. The minimum atomic E-state index is -0.490. The van der Waals surface area contributed by atoms with Crippen molar-refractivity contribution < 1.29 is 4.92 Å². The Balaban J connectivity index is 3.15. The summed E-state index contributed by atoms with van der Waals surface area (Å²) in [6.07, 6.45) is 1.29. The summed E-state index contributed by atoms with van der Waals surface area (Å²) >= 11 is 0. The molecule has 0 saturated heterocycles. The molecule has 1 aromatic rings. The maximum atomic E-state index is 10.8. The van der Waals surface area contributed by atoms with E-state index in [1.54, 1.807) is 0 Å². The van der Waals surface area contributed by atoms with Crippen molar-refractivity contribution in [2.75, 3.05) is 23.7 Å². The second-order valence-corrected chi connectivity index (χ2v) is 2.74. The molecule has 1 aromatic heterocycles. The first-order valence-electron chi connectivity index (χ1n) is 4.67. The topological polar surface area (TPSA) is 93.0 Å². The average molecular weight is 211 g/mol. The van der Waals surface area contributed by atoms with Crippen LogP contribution in [-0.2, 0) is 0 Å². The van der Waals surface area contributed by atoms with E-state index in [0.717, 1.165) is 0 Å². The van der Waals surface area contributed by atoms with E-state index in [0.29, 0.717) is 13.1 Å².